The highest BCUT2D eigenvalue weighted by atomic mass is 32.2. The van der Waals surface area contributed by atoms with Crippen molar-refractivity contribution < 1.29 is 31.3 Å². The number of hydrogen-bond acceptors (Lipinski definition) is 7. The van der Waals surface area contributed by atoms with Gasteiger partial charge < -0.3 is 13.7 Å². The fourth-order valence-electron chi connectivity index (χ4n) is 2.17. The van der Waals surface area contributed by atoms with Gasteiger partial charge in [0.05, 0.1) is 11.2 Å². The minimum atomic E-state index is -3.94. The first-order chi connectivity index (χ1) is 12.9. The van der Waals surface area contributed by atoms with Gasteiger partial charge in [-0.25, -0.2) is 12.8 Å². The normalized spacial score (nSPS) is 11.7. The third-order valence-corrected chi connectivity index (χ3v) is 5.40. The number of halogens is 1. The molecule has 0 unspecified atom stereocenters. The van der Waals surface area contributed by atoms with Crippen LogP contribution < -0.4 is 0 Å². The topological polar surface area (TPSA) is 103 Å². The molecule has 0 fully saturated rings. The third kappa shape index (κ3) is 4.41. The third-order valence-electron chi connectivity index (χ3n) is 3.58. The number of aromatic nitrogens is 1. The highest BCUT2D eigenvalue weighted by Crippen LogP contribution is 2.21. The highest BCUT2D eigenvalue weighted by molar-refractivity contribution is 7.89. The van der Waals surface area contributed by atoms with Crippen molar-refractivity contribution in [3.8, 4) is 11.5 Å². The van der Waals surface area contributed by atoms with Gasteiger partial charge >= 0.3 is 5.97 Å². The number of carbonyl (C=O) groups is 1. The molecule has 27 heavy (non-hydrogen) atoms. The minimum Gasteiger partial charge on any atom is -0.461 e. The summed E-state index contributed by atoms with van der Waals surface area (Å²) in [4.78, 5) is 11.8. The lowest BCUT2D eigenvalue weighted by atomic mass is 10.3. The van der Waals surface area contributed by atoms with Gasteiger partial charge in [0.1, 0.15) is 24.7 Å². The van der Waals surface area contributed by atoms with E-state index in [9.17, 15) is 17.6 Å². The van der Waals surface area contributed by atoms with Crippen LogP contribution >= 0.6 is 0 Å². The largest absolute Gasteiger partial charge is 0.461 e. The van der Waals surface area contributed by atoms with Crippen LogP contribution in [0.3, 0.4) is 0 Å². The highest BCUT2D eigenvalue weighted by Gasteiger charge is 2.23. The number of esters is 1. The molecule has 3 rings (SSSR count). The van der Waals surface area contributed by atoms with E-state index in [-0.39, 0.29) is 11.5 Å². The summed E-state index contributed by atoms with van der Waals surface area (Å²) >= 11 is 0. The lowest BCUT2D eigenvalue weighted by Crippen LogP contribution is -2.33. The summed E-state index contributed by atoms with van der Waals surface area (Å²) in [5.41, 5.74) is 0.346. The maximum atomic E-state index is 12.9. The molecule has 0 atom stereocenters. The second-order valence-corrected chi connectivity index (χ2v) is 7.58. The van der Waals surface area contributed by atoms with Crippen LogP contribution in [0.15, 0.2) is 62.6 Å². The van der Waals surface area contributed by atoms with Crippen molar-refractivity contribution in [3.05, 3.63) is 60.2 Å². The zero-order chi connectivity index (χ0) is 19.4. The van der Waals surface area contributed by atoms with Crippen molar-refractivity contribution >= 4 is 16.0 Å². The van der Waals surface area contributed by atoms with E-state index in [1.165, 1.54) is 13.3 Å². The first-order valence-corrected chi connectivity index (χ1v) is 9.17. The minimum absolute atomic E-state index is 0.126. The van der Waals surface area contributed by atoms with E-state index in [1.54, 1.807) is 18.2 Å². The fourth-order valence-corrected chi connectivity index (χ4v) is 3.28. The number of rotatable bonds is 7. The number of sulfonamides is 1. The summed E-state index contributed by atoms with van der Waals surface area (Å²) in [6, 6.07) is 9.22. The first kappa shape index (κ1) is 18.8. The molecule has 0 bridgehead atoms. The van der Waals surface area contributed by atoms with Crippen LogP contribution in [-0.2, 0) is 26.2 Å². The number of hydrogen-bond donors (Lipinski definition) is 0. The van der Waals surface area contributed by atoms with Gasteiger partial charge in [-0.2, -0.15) is 4.31 Å². The summed E-state index contributed by atoms with van der Waals surface area (Å²) in [7, 11) is -2.71. The van der Waals surface area contributed by atoms with Crippen LogP contribution in [0.4, 0.5) is 4.39 Å². The van der Waals surface area contributed by atoms with E-state index >= 15 is 0 Å². The van der Waals surface area contributed by atoms with Crippen LogP contribution in [0.25, 0.3) is 11.5 Å². The monoisotopic (exact) mass is 394 g/mol. The van der Waals surface area contributed by atoms with Gasteiger partial charge in [-0.1, -0.05) is 5.16 Å². The molecule has 1 aromatic carbocycles. The Bertz CT molecular complexity index is 1010. The average molecular weight is 394 g/mol. The Labute approximate surface area is 154 Å². The standard InChI is InChI=1S/C17H15FN2O6S/c1-20(27(22,23)14-6-4-12(18)5-7-14)10-17(21)25-11-13-9-16(26-19-13)15-3-2-8-24-15/h2-9H,10-11H2,1H3. The van der Waals surface area contributed by atoms with E-state index in [0.29, 0.717) is 17.2 Å². The fraction of sp³-hybridized carbons (Fsp3) is 0.176. The molecule has 3 aromatic rings. The van der Waals surface area contributed by atoms with Crippen molar-refractivity contribution in [2.24, 2.45) is 0 Å². The van der Waals surface area contributed by atoms with Crippen LogP contribution in [0.5, 0.6) is 0 Å². The summed E-state index contributed by atoms with van der Waals surface area (Å²) in [5.74, 6) is -0.476. The molecule has 8 nitrogen and oxygen atoms in total. The summed E-state index contributed by atoms with van der Waals surface area (Å²) in [5, 5.41) is 3.75. The number of nitrogens with zero attached hydrogens (tertiary/aromatic N) is 2. The summed E-state index contributed by atoms with van der Waals surface area (Å²) < 4.78 is 53.7. The number of likely N-dealkylation sites (N-methyl/N-ethyl adjacent to an activating group) is 1. The zero-order valence-corrected chi connectivity index (χ0v) is 15.0. The predicted molar refractivity (Wildman–Crippen MR) is 90.2 cm³/mol. The van der Waals surface area contributed by atoms with Gasteiger partial charge in [-0.3, -0.25) is 4.79 Å². The van der Waals surface area contributed by atoms with Crippen molar-refractivity contribution in [1.29, 1.82) is 0 Å². The lowest BCUT2D eigenvalue weighted by molar-refractivity contribution is -0.145. The molecule has 0 aliphatic heterocycles. The van der Waals surface area contributed by atoms with Gasteiger partial charge in [0.25, 0.3) is 0 Å². The Morgan fingerprint density at radius 3 is 2.63 bits per heavy atom. The maximum Gasteiger partial charge on any atom is 0.321 e. The van der Waals surface area contributed by atoms with Crippen LogP contribution in [0.2, 0.25) is 0 Å². The second kappa shape index (κ2) is 7.72. The van der Waals surface area contributed by atoms with E-state index in [1.807, 2.05) is 0 Å². The van der Waals surface area contributed by atoms with E-state index in [2.05, 4.69) is 5.16 Å². The Morgan fingerprint density at radius 1 is 1.22 bits per heavy atom. The zero-order valence-electron chi connectivity index (χ0n) is 14.2. The molecular formula is C17H15FN2O6S. The lowest BCUT2D eigenvalue weighted by Gasteiger charge is -2.16. The Kier molecular flexibility index (Phi) is 5.38. The SMILES string of the molecule is CN(CC(=O)OCc1cc(-c2ccco2)on1)S(=O)(=O)c1ccc(F)cc1. The van der Waals surface area contributed by atoms with E-state index in [0.717, 1.165) is 28.6 Å². The molecule has 0 saturated carbocycles. The molecule has 0 N–H and O–H groups in total. The van der Waals surface area contributed by atoms with Gasteiger partial charge in [-0.15, -0.1) is 0 Å². The van der Waals surface area contributed by atoms with Crippen molar-refractivity contribution in [2.45, 2.75) is 11.5 Å². The van der Waals surface area contributed by atoms with Gasteiger partial charge in [0.2, 0.25) is 15.8 Å². The second-order valence-electron chi connectivity index (χ2n) is 5.54. The molecular weight excluding hydrogens is 379 g/mol. The molecule has 142 valence electrons. The van der Waals surface area contributed by atoms with E-state index < -0.39 is 28.4 Å². The molecule has 2 heterocycles. The van der Waals surface area contributed by atoms with Gasteiger partial charge in [0, 0.05) is 13.1 Å². The van der Waals surface area contributed by atoms with Gasteiger partial charge in [0.15, 0.2) is 5.76 Å². The van der Waals surface area contributed by atoms with Crippen LogP contribution in [0.1, 0.15) is 5.69 Å². The molecule has 0 amide bonds. The predicted octanol–water partition coefficient (Wildman–Crippen LogP) is 2.44. The Morgan fingerprint density at radius 2 is 1.96 bits per heavy atom. The van der Waals surface area contributed by atoms with Crippen LogP contribution in [-0.4, -0.2) is 37.4 Å². The molecule has 0 aliphatic rings. The Balaban J connectivity index is 1.56. The van der Waals surface area contributed by atoms with Crippen LogP contribution in [0, 0.1) is 5.82 Å². The molecule has 10 heteroatoms. The van der Waals surface area contributed by atoms with Crippen molar-refractivity contribution in [1.82, 2.24) is 9.46 Å². The number of carbonyl (C=O) groups excluding carboxylic acids is 1. The molecule has 0 spiro atoms. The number of furan rings is 1. The number of ether oxygens (including phenoxy) is 1. The Hall–Kier alpha value is -2.98. The summed E-state index contributed by atoms with van der Waals surface area (Å²) in [6.45, 7) is -0.698. The van der Waals surface area contributed by atoms with E-state index in [4.69, 9.17) is 13.7 Å². The van der Waals surface area contributed by atoms with Crippen molar-refractivity contribution in [3.63, 3.8) is 0 Å². The quantitative estimate of drug-likeness (QED) is 0.567. The number of benzene rings is 1. The molecule has 0 radical (unpaired) electrons. The molecule has 2 aromatic heterocycles. The van der Waals surface area contributed by atoms with Gasteiger partial charge in [-0.05, 0) is 36.4 Å². The average Bonchev–Trinajstić information content (AvgIpc) is 3.31. The van der Waals surface area contributed by atoms with Crippen molar-refractivity contribution in [2.75, 3.05) is 13.6 Å². The molecule has 0 aliphatic carbocycles. The maximum absolute atomic E-state index is 12.9. The molecule has 0 saturated heterocycles. The summed E-state index contributed by atoms with van der Waals surface area (Å²) in [6.07, 6.45) is 1.48. The smallest absolute Gasteiger partial charge is 0.321 e. The first-order valence-electron chi connectivity index (χ1n) is 7.73.